The van der Waals surface area contributed by atoms with Gasteiger partial charge in [-0.25, -0.2) is 4.85 Å². The van der Waals surface area contributed by atoms with E-state index in [0.717, 1.165) is 37.4 Å². The number of nitrogens with zero attached hydrogens (tertiary/aromatic N) is 2. The predicted molar refractivity (Wildman–Crippen MR) is 88.1 cm³/mol. The molecule has 0 bridgehead atoms. The standard InChI is InChI=1S/C19H20N2O/c1-3-21-11-10-16-12-19(9-6-17(16)13-21)22-14-15-4-7-18(20-2)8-5-15/h4-9,12H,3,10-11,13-14H2,1H3. The summed E-state index contributed by atoms with van der Waals surface area (Å²) in [6.07, 6.45) is 1.10. The molecule has 0 aromatic heterocycles. The second kappa shape index (κ2) is 6.64. The Bertz CT molecular complexity index is 686. The van der Waals surface area contributed by atoms with Gasteiger partial charge in [-0.05, 0) is 41.8 Å². The molecule has 3 nitrogen and oxygen atoms in total. The number of ether oxygens (including phenoxy) is 1. The van der Waals surface area contributed by atoms with Crippen LogP contribution in [0.2, 0.25) is 0 Å². The molecule has 0 radical (unpaired) electrons. The van der Waals surface area contributed by atoms with Gasteiger partial charge in [0, 0.05) is 13.1 Å². The first-order valence-electron chi connectivity index (χ1n) is 7.72. The highest BCUT2D eigenvalue weighted by Gasteiger charge is 2.15. The van der Waals surface area contributed by atoms with E-state index in [4.69, 9.17) is 11.3 Å². The molecular formula is C19H20N2O. The van der Waals surface area contributed by atoms with Crippen molar-refractivity contribution in [3.8, 4) is 5.75 Å². The van der Waals surface area contributed by atoms with E-state index < -0.39 is 0 Å². The third kappa shape index (κ3) is 3.29. The second-order valence-electron chi connectivity index (χ2n) is 5.62. The summed E-state index contributed by atoms with van der Waals surface area (Å²) in [5.74, 6) is 0.929. The van der Waals surface area contributed by atoms with Crippen LogP contribution in [-0.4, -0.2) is 18.0 Å². The van der Waals surface area contributed by atoms with Crippen LogP contribution in [0.1, 0.15) is 23.6 Å². The highest BCUT2D eigenvalue weighted by Crippen LogP contribution is 2.24. The minimum Gasteiger partial charge on any atom is -0.489 e. The normalized spacial score (nSPS) is 14.2. The van der Waals surface area contributed by atoms with Gasteiger partial charge in [-0.1, -0.05) is 37.3 Å². The maximum atomic E-state index is 6.96. The molecule has 2 aromatic carbocycles. The molecule has 112 valence electrons. The van der Waals surface area contributed by atoms with Gasteiger partial charge in [0.2, 0.25) is 0 Å². The number of hydrogen-bond donors (Lipinski definition) is 0. The van der Waals surface area contributed by atoms with Crippen LogP contribution in [0.5, 0.6) is 5.75 Å². The Morgan fingerprint density at radius 3 is 2.68 bits per heavy atom. The Morgan fingerprint density at radius 2 is 1.95 bits per heavy atom. The summed E-state index contributed by atoms with van der Waals surface area (Å²) in [4.78, 5) is 5.86. The van der Waals surface area contributed by atoms with E-state index >= 15 is 0 Å². The lowest BCUT2D eigenvalue weighted by molar-refractivity contribution is 0.266. The number of benzene rings is 2. The minimum atomic E-state index is 0.540. The quantitative estimate of drug-likeness (QED) is 0.786. The monoisotopic (exact) mass is 292 g/mol. The van der Waals surface area contributed by atoms with Gasteiger partial charge in [0.15, 0.2) is 5.69 Å². The molecule has 0 spiro atoms. The van der Waals surface area contributed by atoms with Crippen LogP contribution in [0.15, 0.2) is 42.5 Å². The molecule has 22 heavy (non-hydrogen) atoms. The van der Waals surface area contributed by atoms with Gasteiger partial charge in [0.05, 0.1) is 6.57 Å². The van der Waals surface area contributed by atoms with Crippen LogP contribution >= 0.6 is 0 Å². The van der Waals surface area contributed by atoms with Gasteiger partial charge in [-0.2, -0.15) is 0 Å². The molecule has 3 rings (SSSR count). The van der Waals surface area contributed by atoms with Crippen molar-refractivity contribution in [1.82, 2.24) is 4.90 Å². The van der Waals surface area contributed by atoms with Crippen molar-refractivity contribution < 1.29 is 4.74 Å². The zero-order valence-corrected chi connectivity index (χ0v) is 12.9. The molecule has 3 heteroatoms. The summed E-state index contributed by atoms with van der Waals surface area (Å²) in [5.41, 5.74) is 4.58. The predicted octanol–water partition coefficient (Wildman–Crippen LogP) is 4.19. The molecule has 0 atom stereocenters. The maximum absolute atomic E-state index is 6.96. The summed E-state index contributed by atoms with van der Waals surface area (Å²) in [6.45, 7) is 13.0. The second-order valence-corrected chi connectivity index (χ2v) is 5.62. The van der Waals surface area contributed by atoms with Gasteiger partial charge in [0.1, 0.15) is 12.4 Å². The molecule has 0 N–H and O–H groups in total. The zero-order chi connectivity index (χ0) is 15.4. The summed E-state index contributed by atoms with van der Waals surface area (Å²) in [7, 11) is 0. The number of rotatable bonds is 4. The molecule has 0 aliphatic carbocycles. The van der Waals surface area contributed by atoms with Crippen molar-refractivity contribution in [2.45, 2.75) is 26.5 Å². The lowest BCUT2D eigenvalue weighted by Gasteiger charge is -2.27. The van der Waals surface area contributed by atoms with Gasteiger partial charge < -0.3 is 4.74 Å². The fourth-order valence-corrected chi connectivity index (χ4v) is 2.78. The zero-order valence-electron chi connectivity index (χ0n) is 12.9. The van der Waals surface area contributed by atoms with Crippen molar-refractivity contribution in [3.05, 3.63) is 70.6 Å². The summed E-state index contributed by atoms with van der Waals surface area (Å²) < 4.78 is 5.89. The first kappa shape index (κ1) is 14.6. The van der Waals surface area contributed by atoms with Crippen LogP contribution in [0.3, 0.4) is 0 Å². The van der Waals surface area contributed by atoms with Gasteiger partial charge >= 0.3 is 0 Å². The molecule has 0 saturated carbocycles. The summed E-state index contributed by atoms with van der Waals surface area (Å²) in [6, 6.07) is 14.0. The lowest BCUT2D eigenvalue weighted by atomic mass is 9.99. The SMILES string of the molecule is [C-]#[N+]c1ccc(COc2ccc3c(c2)CCN(CC)C3)cc1. The maximum Gasteiger partial charge on any atom is 0.187 e. The van der Waals surface area contributed by atoms with E-state index in [1.165, 1.54) is 11.1 Å². The first-order chi connectivity index (χ1) is 10.8. The molecule has 0 fully saturated rings. The molecule has 0 saturated heterocycles. The average molecular weight is 292 g/mol. The average Bonchev–Trinajstić information content (AvgIpc) is 2.59. The van der Waals surface area contributed by atoms with E-state index in [-0.39, 0.29) is 0 Å². The van der Waals surface area contributed by atoms with Crippen molar-refractivity contribution in [2.75, 3.05) is 13.1 Å². The van der Waals surface area contributed by atoms with Crippen LogP contribution in [0.25, 0.3) is 4.85 Å². The Labute approximate surface area is 132 Å². The first-order valence-corrected chi connectivity index (χ1v) is 7.72. The van der Waals surface area contributed by atoms with Gasteiger partial charge in [-0.15, -0.1) is 0 Å². The smallest absolute Gasteiger partial charge is 0.187 e. The molecule has 2 aromatic rings. The van der Waals surface area contributed by atoms with Crippen molar-refractivity contribution in [3.63, 3.8) is 0 Å². The highest BCUT2D eigenvalue weighted by molar-refractivity contribution is 5.45. The lowest BCUT2D eigenvalue weighted by Crippen LogP contribution is -2.30. The van der Waals surface area contributed by atoms with Crippen LogP contribution < -0.4 is 4.74 Å². The van der Waals surface area contributed by atoms with Crippen LogP contribution in [0, 0.1) is 6.57 Å². The fourth-order valence-electron chi connectivity index (χ4n) is 2.78. The number of likely N-dealkylation sites (N-methyl/N-ethyl adjacent to an activating group) is 1. The Hall–Kier alpha value is -2.31. The Morgan fingerprint density at radius 1 is 1.14 bits per heavy atom. The van der Waals surface area contributed by atoms with Gasteiger partial charge in [0.25, 0.3) is 0 Å². The van der Waals surface area contributed by atoms with E-state index in [0.29, 0.717) is 12.3 Å². The molecule has 1 aliphatic heterocycles. The topological polar surface area (TPSA) is 16.8 Å². The third-order valence-electron chi connectivity index (χ3n) is 4.19. The van der Waals surface area contributed by atoms with E-state index in [9.17, 15) is 0 Å². The van der Waals surface area contributed by atoms with Crippen molar-refractivity contribution >= 4 is 5.69 Å². The van der Waals surface area contributed by atoms with Gasteiger partial charge in [-0.3, -0.25) is 4.90 Å². The largest absolute Gasteiger partial charge is 0.489 e. The highest BCUT2D eigenvalue weighted by atomic mass is 16.5. The van der Waals surface area contributed by atoms with Crippen LogP contribution in [-0.2, 0) is 19.6 Å². The fraction of sp³-hybridized carbons (Fsp3) is 0.316. The Balaban J connectivity index is 1.65. The van der Waals surface area contributed by atoms with E-state index in [1.807, 2.05) is 24.3 Å². The molecule has 0 unspecified atom stereocenters. The molecule has 1 aliphatic rings. The minimum absolute atomic E-state index is 0.540. The molecular weight excluding hydrogens is 272 g/mol. The third-order valence-corrected chi connectivity index (χ3v) is 4.19. The molecule has 1 heterocycles. The summed E-state index contributed by atoms with van der Waals surface area (Å²) >= 11 is 0. The van der Waals surface area contributed by atoms with E-state index in [1.54, 1.807) is 0 Å². The Kier molecular flexibility index (Phi) is 4.41. The molecule has 0 amide bonds. The number of hydrogen-bond acceptors (Lipinski definition) is 2. The van der Waals surface area contributed by atoms with Crippen LogP contribution in [0.4, 0.5) is 5.69 Å². The van der Waals surface area contributed by atoms with Crippen molar-refractivity contribution in [2.24, 2.45) is 0 Å². The van der Waals surface area contributed by atoms with E-state index in [2.05, 4.69) is 34.9 Å². The number of fused-ring (bicyclic) bond motifs is 1. The van der Waals surface area contributed by atoms with Crippen molar-refractivity contribution in [1.29, 1.82) is 0 Å². The summed E-state index contributed by atoms with van der Waals surface area (Å²) in [5, 5.41) is 0.